The van der Waals surface area contributed by atoms with E-state index >= 15 is 0 Å². The normalized spacial score (nSPS) is 10.4. The molecule has 17 heavy (non-hydrogen) atoms. The van der Waals surface area contributed by atoms with Gasteiger partial charge in [-0.1, -0.05) is 0 Å². The Labute approximate surface area is 105 Å². The Kier molecular flexibility index (Phi) is 3.33. The van der Waals surface area contributed by atoms with E-state index in [9.17, 15) is 0 Å². The third-order valence-corrected chi connectivity index (χ3v) is 3.81. The van der Waals surface area contributed by atoms with Crippen LogP contribution in [0, 0.1) is 13.8 Å². The minimum Gasteiger partial charge on any atom is -0.496 e. The number of aromatic nitrogens is 1. The van der Waals surface area contributed by atoms with Gasteiger partial charge >= 0.3 is 0 Å². The third-order valence-electron chi connectivity index (χ3n) is 2.95. The lowest BCUT2D eigenvalue weighted by atomic mass is 10.0. The molecule has 0 bridgehead atoms. The molecule has 0 radical (unpaired) electrons. The fraction of sp³-hybridized carbons (Fsp3) is 0.308. The van der Waals surface area contributed by atoms with Crippen LogP contribution in [0.1, 0.15) is 11.1 Å². The van der Waals surface area contributed by atoms with Crippen molar-refractivity contribution in [3.63, 3.8) is 0 Å². The van der Waals surface area contributed by atoms with Crippen LogP contribution in [0.25, 0.3) is 11.3 Å². The number of anilines is 1. The van der Waals surface area contributed by atoms with Crippen LogP contribution >= 0.6 is 11.3 Å². The molecule has 3 nitrogen and oxygen atoms in total. The van der Waals surface area contributed by atoms with Gasteiger partial charge in [0, 0.05) is 18.0 Å². The fourth-order valence-electron chi connectivity index (χ4n) is 1.81. The highest BCUT2D eigenvalue weighted by Crippen LogP contribution is 2.32. The maximum Gasteiger partial charge on any atom is 0.182 e. The SMILES string of the molecule is CNc1nc(-c2ccc(OC)c(C)c2C)cs1. The summed E-state index contributed by atoms with van der Waals surface area (Å²) < 4.78 is 5.31. The number of ether oxygens (including phenoxy) is 1. The molecule has 0 aliphatic heterocycles. The summed E-state index contributed by atoms with van der Waals surface area (Å²) in [6, 6.07) is 4.06. The first-order valence-corrected chi connectivity index (χ1v) is 6.33. The molecule has 0 spiro atoms. The van der Waals surface area contributed by atoms with E-state index in [1.807, 2.05) is 13.1 Å². The highest BCUT2D eigenvalue weighted by atomic mass is 32.1. The number of rotatable bonds is 3. The van der Waals surface area contributed by atoms with Gasteiger partial charge in [0.25, 0.3) is 0 Å². The molecule has 1 aromatic carbocycles. The van der Waals surface area contributed by atoms with Crippen molar-refractivity contribution in [3.05, 3.63) is 28.6 Å². The van der Waals surface area contributed by atoms with Crippen molar-refractivity contribution in [2.45, 2.75) is 13.8 Å². The van der Waals surface area contributed by atoms with Gasteiger partial charge in [-0.25, -0.2) is 4.98 Å². The maximum absolute atomic E-state index is 5.31. The minimum atomic E-state index is 0.926. The highest BCUT2D eigenvalue weighted by molar-refractivity contribution is 7.14. The molecule has 1 N–H and O–H groups in total. The molecule has 0 saturated carbocycles. The van der Waals surface area contributed by atoms with Crippen molar-refractivity contribution in [2.75, 3.05) is 19.5 Å². The monoisotopic (exact) mass is 248 g/mol. The third kappa shape index (κ3) is 2.13. The molecular weight excluding hydrogens is 232 g/mol. The standard InChI is InChI=1S/C13H16N2OS/c1-8-9(2)12(16-4)6-5-10(8)11-7-17-13(14-3)15-11/h5-7H,1-4H3,(H,14,15). The van der Waals surface area contributed by atoms with Crippen molar-refractivity contribution in [2.24, 2.45) is 0 Å². The Morgan fingerprint density at radius 1 is 1.24 bits per heavy atom. The molecule has 0 atom stereocenters. The number of hydrogen-bond acceptors (Lipinski definition) is 4. The molecule has 90 valence electrons. The number of benzene rings is 1. The van der Waals surface area contributed by atoms with Crippen LogP contribution in [0.2, 0.25) is 0 Å². The van der Waals surface area contributed by atoms with Gasteiger partial charge in [-0.15, -0.1) is 11.3 Å². The summed E-state index contributed by atoms with van der Waals surface area (Å²) in [6.45, 7) is 4.18. The summed E-state index contributed by atoms with van der Waals surface area (Å²) >= 11 is 1.62. The van der Waals surface area contributed by atoms with Crippen LogP contribution in [0.15, 0.2) is 17.5 Å². The molecule has 0 aliphatic rings. The molecule has 0 aliphatic carbocycles. The summed E-state index contributed by atoms with van der Waals surface area (Å²) in [6.07, 6.45) is 0. The lowest BCUT2D eigenvalue weighted by molar-refractivity contribution is 0.411. The van der Waals surface area contributed by atoms with Gasteiger partial charge in [0.05, 0.1) is 12.8 Å². The number of nitrogens with one attached hydrogen (secondary N) is 1. The maximum atomic E-state index is 5.31. The summed E-state index contributed by atoms with van der Waals surface area (Å²) in [5.74, 6) is 0.926. The second-order valence-corrected chi connectivity index (χ2v) is 4.71. The zero-order chi connectivity index (χ0) is 12.4. The van der Waals surface area contributed by atoms with E-state index in [0.29, 0.717) is 0 Å². The van der Waals surface area contributed by atoms with E-state index in [4.69, 9.17) is 4.74 Å². The van der Waals surface area contributed by atoms with Crippen LogP contribution in [-0.2, 0) is 0 Å². The predicted molar refractivity (Wildman–Crippen MR) is 73.1 cm³/mol. The highest BCUT2D eigenvalue weighted by Gasteiger charge is 2.10. The molecule has 4 heteroatoms. The molecule has 2 aromatic rings. The molecule has 0 amide bonds. The summed E-state index contributed by atoms with van der Waals surface area (Å²) in [5.41, 5.74) is 4.57. The lowest BCUT2D eigenvalue weighted by Gasteiger charge is -2.10. The van der Waals surface area contributed by atoms with Gasteiger partial charge in [0.2, 0.25) is 0 Å². The molecule has 0 saturated heterocycles. The predicted octanol–water partition coefficient (Wildman–Crippen LogP) is 3.48. The summed E-state index contributed by atoms with van der Waals surface area (Å²) in [4.78, 5) is 4.52. The van der Waals surface area contributed by atoms with Gasteiger partial charge in [-0.3, -0.25) is 0 Å². The Bertz CT molecular complexity index is 534. The van der Waals surface area contributed by atoms with Crippen molar-refractivity contribution >= 4 is 16.5 Å². The van der Waals surface area contributed by atoms with Gasteiger partial charge < -0.3 is 10.1 Å². The largest absolute Gasteiger partial charge is 0.496 e. The molecule has 0 fully saturated rings. The van der Waals surface area contributed by atoms with Crippen molar-refractivity contribution in [1.29, 1.82) is 0 Å². The Balaban J connectivity index is 2.49. The van der Waals surface area contributed by atoms with Gasteiger partial charge in [0.15, 0.2) is 5.13 Å². The minimum absolute atomic E-state index is 0.926. The smallest absolute Gasteiger partial charge is 0.182 e. The van der Waals surface area contributed by atoms with Crippen LogP contribution in [-0.4, -0.2) is 19.1 Å². The number of methoxy groups -OCH3 is 1. The van der Waals surface area contributed by atoms with E-state index in [1.165, 1.54) is 16.7 Å². The van der Waals surface area contributed by atoms with Crippen LogP contribution < -0.4 is 10.1 Å². The molecule has 2 rings (SSSR count). The summed E-state index contributed by atoms with van der Waals surface area (Å²) in [5, 5.41) is 6.06. The van der Waals surface area contributed by atoms with E-state index in [-0.39, 0.29) is 0 Å². The van der Waals surface area contributed by atoms with E-state index < -0.39 is 0 Å². The Morgan fingerprint density at radius 2 is 2.00 bits per heavy atom. The number of nitrogens with zero attached hydrogens (tertiary/aromatic N) is 1. The fourth-order valence-corrected chi connectivity index (χ4v) is 2.48. The second kappa shape index (κ2) is 4.75. The Hall–Kier alpha value is -1.55. The topological polar surface area (TPSA) is 34.2 Å². The van der Waals surface area contributed by atoms with E-state index in [0.717, 1.165) is 16.6 Å². The van der Waals surface area contributed by atoms with Gasteiger partial charge in [-0.05, 0) is 37.1 Å². The first-order valence-electron chi connectivity index (χ1n) is 5.45. The van der Waals surface area contributed by atoms with Crippen molar-refractivity contribution < 1.29 is 4.74 Å². The first kappa shape index (κ1) is 11.9. The zero-order valence-corrected chi connectivity index (χ0v) is 11.3. The average molecular weight is 248 g/mol. The quantitative estimate of drug-likeness (QED) is 0.903. The van der Waals surface area contributed by atoms with Crippen LogP contribution in [0.3, 0.4) is 0 Å². The van der Waals surface area contributed by atoms with Crippen LogP contribution in [0.4, 0.5) is 5.13 Å². The Morgan fingerprint density at radius 3 is 2.59 bits per heavy atom. The number of thiazole rings is 1. The number of hydrogen-bond donors (Lipinski definition) is 1. The molecule has 1 heterocycles. The summed E-state index contributed by atoms with van der Waals surface area (Å²) in [7, 11) is 3.58. The van der Waals surface area contributed by atoms with Crippen molar-refractivity contribution in [3.8, 4) is 17.0 Å². The molecule has 0 unspecified atom stereocenters. The van der Waals surface area contributed by atoms with E-state index in [2.05, 4.69) is 35.6 Å². The van der Waals surface area contributed by atoms with Crippen molar-refractivity contribution in [1.82, 2.24) is 4.98 Å². The average Bonchev–Trinajstić information content (AvgIpc) is 2.81. The second-order valence-electron chi connectivity index (χ2n) is 3.85. The molecule has 1 aromatic heterocycles. The van der Waals surface area contributed by atoms with E-state index in [1.54, 1.807) is 18.4 Å². The van der Waals surface area contributed by atoms with Crippen LogP contribution in [0.5, 0.6) is 5.75 Å². The zero-order valence-electron chi connectivity index (χ0n) is 10.5. The first-order chi connectivity index (χ1) is 8.17. The lowest BCUT2D eigenvalue weighted by Crippen LogP contribution is -1.93. The van der Waals surface area contributed by atoms with Gasteiger partial charge in [-0.2, -0.15) is 0 Å². The van der Waals surface area contributed by atoms with Gasteiger partial charge in [0.1, 0.15) is 5.75 Å². The molecular formula is C13H16N2OS.